The summed E-state index contributed by atoms with van der Waals surface area (Å²) in [6.07, 6.45) is 0. The predicted octanol–water partition coefficient (Wildman–Crippen LogP) is 5.13. The number of carbonyl (C=O) groups is 2. The van der Waals surface area contributed by atoms with Crippen molar-refractivity contribution in [2.24, 2.45) is 0 Å². The molecule has 0 bridgehead atoms. The number of halogens is 1. The van der Waals surface area contributed by atoms with Crippen molar-refractivity contribution in [1.82, 2.24) is 0 Å². The number of rotatable bonds is 4. The fourth-order valence-corrected chi connectivity index (χ4v) is 2.58. The lowest BCUT2D eigenvalue weighted by molar-refractivity contribution is 0.102. The Balaban J connectivity index is 1.74. The maximum absolute atomic E-state index is 12.4. The molecule has 0 fully saturated rings. The van der Waals surface area contributed by atoms with Crippen LogP contribution in [0.1, 0.15) is 31.8 Å². The molecule has 0 aliphatic heterocycles. The molecular formula is C21H16ClNO2. The molecule has 0 unspecified atom stereocenters. The zero-order valence-electron chi connectivity index (χ0n) is 13.6. The summed E-state index contributed by atoms with van der Waals surface area (Å²) in [4.78, 5) is 24.7. The summed E-state index contributed by atoms with van der Waals surface area (Å²) >= 11 is 6.07. The molecule has 3 aromatic carbocycles. The van der Waals surface area contributed by atoms with Gasteiger partial charge in [-0.3, -0.25) is 9.59 Å². The Hall–Kier alpha value is -2.91. The second-order valence-corrected chi connectivity index (χ2v) is 6.10. The Morgan fingerprint density at radius 1 is 0.800 bits per heavy atom. The molecule has 1 N–H and O–H groups in total. The maximum atomic E-state index is 12.4. The Morgan fingerprint density at radius 3 is 2.04 bits per heavy atom. The third kappa shape index (κ3) is 3.95. The van der Waals surface area contributed by atoms with Gasteiger partial charge >= 0.3 is 0 Å². The number of hydrogen-bond acceptors (Lipinski definition) is 2. The molecule has 0 atom stereocenters. The van der Waals surface area contributed by atoms with E-state index in [0.717, 1.165) is 5.56 Å². The minimum atomic E-state index is -0.251. The van der Waals surface area contributed by atoms with Crippen LogP contribution in [0.3, 0.4) is 0 Å². The van der Waals surface area contributed by atoms with Gasteiger partial charge in [0, 0.05) is 27.4 Å². The molecule has 124 valence electrons. The largest absolute Gasteiger partial charge is 0.322 e. The van der Waals surface area contributed by atoms with E-state index in [4.69, 9.17) is 11.6 Å². The van der Waals surface area contributed by atoms with Gasteiger partial charge in [-0.05, 0) is 36.8 Å². The second kappa shape index (κ2) is 7.32. The first kappa shape index (κ1) is 16.9. The fourth-order valence-electron chi connectivity index (χ4n) is 2.40. The summed E-state index contributed by atoms with van der Waals surface area (Å²) in [5, 5.41) is 3.40. The zero-order valence-corrected chi connectivity index (χ0v) is 14.4. The third-order valence-electron chi connectivity index (χ3n) is 3.87. The number of ketones is 1. The number of aryl methyl sites for hydroxylation is 1. The predicted molar refractivity (Wildman–Crippen MR) is 100 cm³/mol. The van der Waals surface area contributed by atoms with Gasteiger partial charge < -0.3 is 5.32 Å². The molecule has 3 nitrogen and oxygen atoms in total. The van der Waals surface area contributed by atoms with Gasteiger partial charge in [0.05, 0.1) is 0 Å². The van der Waals surface area contributed by atoms with Crippen molar-refractivity contribution in [3.8, 4) is 0 Å². The Morgan fingerprint density at radius 2 is 1.40 bits per heavy atom. The summed E-state index contributed by atoms with van der Waals surface area (Å²) in [6.45, 7) is 1.90. The van der Waals surface area contributed by atoms with Gasteiger partial charge in [-0.2, -0.15) is 0 Å². The lowest BCUT2D eigenvalue weighted by Gasteiger charge is -2.08. The van der Waals surface area contributed by atoms with Crippen LogP contribution in [0.5, 0.6) is 0 Å². The van der Waals surface area contributed by atoms with Crippen LogP contribution in [0, 0.1) is 6.92 Å². The van der Waals surface area contributed by atoms with Crippen molar-refractivity contribution in [3.63, 3.8) is 0 Å². The zero-order chi connectivity index (χ0) is 17.8. The highest BCUT2D eigenvalue weighted by Crippen LogP contribution is 2.20. The number of anilines is 1. The van der Waals surface area contributed by atoms with E-state index in [1.807, 2.05) is 31.2 Å². The van der Waals surface area contributed by atoms with Gasteiger partial charge in [0.2, 0.25) is 0 Å². The van der Waals surface area contributed by atoms with Crippen molar-refractivity contribution in [2.45, 2.75) is 6.92 Å². The van der Waals surface area contributed by atoms with E-state index in [9.17, 15) is 9.59 Å². The molecule has 0 radical (unpaired) electrons. The van der Waals surface area contributed by atoms with Crippen LogP contribution >= 0.6 is 11.6 Å². The molecule has 0 aromatic heterocycles. The lowest BCUT2D eigenvalue weighted by Crippen LogP contribution is -2.12. The van der Waals surface area contributed by atoms with Crippen LogP contribution in [0.25, 0.3) is 0 Å². The minimum absolute atomic E-state index is 0.0714. The van der Waals surface area contributed by atoms with E-state index in [2.05, 4.69) is 5.32 Å². The second-order valence-electron chi connectivity index (χ2n) is 5.69. The first-order chi connectivity index (χ1) is 12.0. The smallest absolute Gasteiger partial charge is 0.255 e. The lowest BCUT2D eigenvalue weighted by atomic mass is 10.0. The first-order valence-electron chi connectivity index (χ1n) is 7.82. The van der Waals surface area contributed by atoms with Crippen molar-refractivity contribution in [1.29, 1.82) is 0 Å². The molecule has 4 heteroatoms. The Labute approximate surface area is 151 Å². The van der Waals surface area contributed by atoms with Gasteiger partial charge in [0.1, 0.15) is 0 Å². The fraction of sp³-hybridized carbons (Fsp3) is 0.0476. The number of benzene rings is 3. The molecule has 3 rings (SSSR count). The highest BCUT2D eigenvalue weighted by atomic mass is 35.5. The molecule has 25 heavy (non-hydrogen) atoms. The van der Waals surface area contributed by atoms with E-state index < -0.39 is 0 Å². The average Bonchev–Trinajstić information content (AvgIpc) is 2.65. The quantitative estimate of drug-likeness (QED) is 0.663. The summed E-state index contributed by atoms with van der Waals surface area (Å²) in [7, 11) is 0. The van der Waals surface area contributed by atoms with E-state index in [0.29, 0.717) is 27.4 Å². The normalized spacial score (nSPS) is 10.3. The number of hydrogen-bond donors (Lipinski definition) is 1. The van der Waals surface area contributed by atoms with Crippen molar-refractivity contribution >= 4 is 29.0 Å². The van der Waals surface area contributed by atoms with Gasteiger partial charge in [-0.25, -0.2) is 0 Å². The summed E-state index contributed by atoms with van der Waals surface area (Å²) in [6, 6.07) is 21.0. The third-order valence-corrected chi connectivity index (χ3v) is 4.28. The van der Waals surface area contributed by atoms with Crippen LogP contribution in [-0.4, -0.2) is 11.7 Å². The monoisotopic (exact) mass is 349 g/mol. The van der Waals surface area contributed by atoms with E-state index in [1.165, 1.54) is 0 Å². The van der Waals surface area contributed by atoms with Crippen LogP contribution in [0.4, 0.5) is 5.69 Å². The standard InChI is InChI=1S/C21H16ClNO2/c1-14-7-12-18(13-19(14)22)23-21(25)17-10-8-16(9-11-17)20(24)15-5-3-2-4-6-15/h2-13H,1H3,(H,23,25). The number of amides is 1. The Kier molecular flexibility index (Phi) is 4.96. The van der Waals surface area contributed by atoms with Crippen molar-refractivity contribution in [3.05, 3.63) is 100 Å². The van der Waals surface area contributed by atoms with Crippen LogP contribution in [0.2, 0.25) is 5.02 Å². The molecule has 0 spiro atoms. The van der Waals surface area contributed by atoms with Crippen LogP contribution < -0.4 is 5.32 Å². The van der Waals surface area contributed by atoms with Crippen molar-refractivity contribution < 1.29 is 9.59 Å². The summed E-state index contributed by atoms with van der Waals surface area (Å²) in [5.74, 6) is -0.323. The van der Waals surface area contributed by atoms with E-state index >= 15 is 0 Å². The average molecular weight is 350 g/mol. The highest BCUT2D eigenvalue weighted by molar-refractivity contribution is 6.31. The van der Waals surface area contributed by atoms with Crippen molar-refractivity contribution in [2.75, 3.05) is 5.32 Å². The molecule has 0 saturated heterocycles. The van der Waals surface area contributed by atoms with Gasteiger partial charge in [0.15, 0.2) is 5.78 Å². The molecule has 1 amide bonds. The summed E-state index contributed by atoms with van der Waals surface area (Å²) < 4.78 is 0. The Bertz CT molecular complexity index is 918. The van der Waals surface area contributed by atoms with E-state index in [-0.39, 0.29) is 11.7 Å². The van der Waals surface area contributed by atoms with Crippen LogP contribution in [0.15, 0.2) is 72.8 Å². The molecule has 0 saturated carbocycles. The van der Waals surface area contributed by atoms with Gasteiger partial charge in [0.25, 0.3) is 5.91 Å². The molecule has 3 aromatic rings. The van der Waals surface area contributed by atoms with Gasteiger partial charge in [-0.15, -0.1) is 0 Å². The number of nitrogens with one attached hydrogen (secondary N) is 1. The molecule has 0 aliphatic carbocycles. The molecule has 0 aliphatic rings. The van der Waals surface area contributed by atoms with Gasteiger partial charge in [-0.1, -0.05) is 60.1 Å². The topological polar surface area (TPSA) is 46.2 Å². The SMILES string of the molecule is Cc1ccc(NC(=O)c2ccc(C(=O)c3ccccc3)cc2)cc1Cl. The first-order valence-corrected chi connectivity index (χ1v) is 8.20. The highest BCUT2D eigenvalue weighted by Gasteiger charge is 2.11. The number of carbonyl (C=O) groups excluding carboxylic acids is 2. The molecular weight excluding hydrogens is 334 g/mol. The van der Waals surface area contributed by atoms with E-state index in [1.54, 1.807) is 48.5 Å². The minimum Gasteiger partial charge on any atom is -0.322 e. The molecule has 0 heterocycles. The van der Waals surface area contributed by atoms with Crippen LogP contribution in [-0.2, 0) is 0 Å². The maximum Gasteiger partial charge on any atom is 0.255 e. The summed E-state index contributed by atoms with van der Waals surface area (Å²) in [5.41, 5.74) is 3.21.